The minimum absolute atomic E-state index is 0.0634. The first kappa shape index (κ1) is 10.5. The lowest BCUT2D eigenvalue weighted by molar-refractivity contribution is -0.120. The maximum absolute atomic E-state index is 11.3. The molecule has 0 radical (unpaired) electrons. The lowest BCUT2D eigenvalue weighted by Crippen LogP contribution is -2.26. The smallest absolute Gasteiger partial charge is 0.221 e. The fourth-order valence-corrected chi connectivity index (χ4v) is 1.96. The number of amides is 1. The average molecular weight is 224 g/mol. The van der Waals surface area contributed by atoms with Crippen LogP contribution in [0, 0.1) is 0 Å². The molecule has 0 aliphatic heterocycles. The largest absolute Gasteiger partial charge is 0.353 e. The van der Waals surface area contributed by atoms with Gasteiger partial charge in [-0.25, -0.2) is 0 Å². The molecule has 1 aromatic carbocycles. The quantitative estimate of drug-likeness (QED) is 0.780. The molecule has 0 spiro atoms. The van der Waals surface area contributed by atoms with E-state index in [1.807, 2.05) is 18.2 Å². The van der Waals surface area contributed by atoms with Gasteiger partial charge in [0.1, 0.15) is 0 Å². The highest BCUT2D eigenvalue weighted by molar-refractivity contribution is 6.18. The van der Waals surface area contributed by atoms with Gasteiger partial charge in [0.05, 0.1) is 0 Å². The molecule has 1 aromatic rings. The van der Waals surface area contributed by atoms with Crippen molar-refractivity contribution in [1.82, 2.24) is 5.32 Å². The standard InChI is InChI=1S/C12H14ClNO/c13-7-6-12(15)14-11-8-10(11)9-4-2-1-3-5-9/h1-5,10-11H,6-8H2,(H,14,15)/t10-,11+/m1/s1. The molecular weight excluding hydrogens is 210 g/mol. The molecule has 1 aliphatic carbocycles. The topological polar surface area (TPSA) is 29.1 Å². The van der Waals surface area contributed by atoms with E-state index in [9.17, 15) is 4.79 Å². The molecule has 0 unspecified atom stereocenters. The predicted octanol–water partition coefficient (Wildman–Crippen LogP) is 2.29. The molecule has 0 heterocycles. The van der Waals surface area contributed by atoms with Gasteiger partial charge >= 0.3 is 0 Å². The third kappa shape index (κ3) is 2.72. The zero-order chi connectivity index (χ0) is 10.7. The van der Waals surface area contributed by atoms with Crippen molar-refractivity contribution >= 4 is 17.5 Å². The van der Waals surface area contributed by atoms with E-state index in [1.54, 1.807) is 0 Å². The first-order valence-corrected chi connectivity index (χ1v) is 5.75. The number of rotatable bonds is 4. The zero-order valence-corrected chi connectivity index (χ0v) is 9.20. The molecule has 0 aromatic heterocycles. The van der Waals surface area contributed by atoms with Crippen LogP contribution in [0.2, 0.25) is 0 Å². The van der Waals surface area contributed by atoms with Crippen molar-refractivity contribution < 1.29 is 4.79 Å². The van der Waals surface area contributed by atoms with Crippen LogP contribution in [0.4, 0.5) is 0 Å². The van der Waals surface area contributed by atoms with Crippen LogP contribution in [0.25, 0.3) is 0 Å². The van der Waals surface area contributed by atoms with Crippen LogP contribution in [0.5, 0.6) is 0 Å². The van der Waals surface area contributed by atoms with Crippen molar-refractivity contribution in [2.75, 3.05) is 5.88 Å². The third-order valence-corrected chi connectivity index (χ3v) is 2.88. The average Bonchev–Trinajstić information content (AvgIpc) is 2.99. The van der Waals surface area contributed by atoms with Crippen molar-refractivity contribution in [3.05, 3.63) is 35.9 Å². The summed E-state index contributed by atoms with van der Waals surface area (Å²) in [4.78, 5) is 11.3. The Morgan fingerprint density at radius 1 is 1.40 bits per heavy atom. The summed E-state index contributed by atoms with van der Waals surface area (Å²) in [5.74, 6) is 0.966. The van der Waals surface area contributed by atoms with Gasteiger partial charge in [0.25, 0.3) is 0 Å². The molecule has 15 heavy (non-hydrogen) atoms. The Labute approximate surface area is 94.6 Å². The maximum Gasteiger partial charge on any atom is 0.221 e. The lowest BCUT2D eigenvalue weighted by atomic mass is 10.1. The number of nitrogens with one attached hydrogen (secondary N) is 1. The third-order valence-electron chi connectivity index (χ3n) is 2.69. The fourth-order valence-electron chi connectivity index (χ4n) is 1.79. The van der Waals surface area contributed by atoms with Gasteiger partial charge in [0.15, 0.2) is 0 Å². The number of alkyl halides is 1. The first-order chi connectivity index (χ1) is 7.31. The summed E-state index contributed by atoms with van der Waals surface area (Å²) < 4.78 is 0. The van der Waals surface area contributed by atoms with Crippen LogP contribution < -0.4 is 5.32 Å². The van der Waals surface area contributed by atoms with Crippen molar-refractivity contribution in [2.45, 2.75) is 24.8 Å². The SMILES string of the molecule is O=C(CCCl)N[C@H]1C[C@@H]1c1ccccc1. The summed E-state index contributed by atoms with van der Waals surface area (Å²) in [5.41, 5.74) is 1.31. The van der Waals surface area contributed by atoms with E-state index < -0.39 is 0 Å². The number of benzene rings is 1. The van der Waals surface area contributed by atoms with Gasteiger partial charge in [-0.1, -0.05) is 30.3 Å². The van der Waals surface area contributed by atoms with Crippen LogP contribution in [0.3, 0.4) is 0 Å². The lowest BCUT2D eigenvalue weighted by Gasteiger charge is -2.03. The zero-order valence-electron chi connectivity index (χ0n) is 8.45. The second-order valence-electron chi connectivity index (χ2n) is 3.87. The highest BCUT2D eigenvalue weighted by Crippen LogP contribution is 2.40. The summed E-state index contributed by atoms with van der Waals surface area (Å²) >= 11 is 5.49. The molecule has 1 aliphatic rings. The molecule has 2 atom stereocenters. The molecule has 1 N–H and O–H groups in total. The summed E-state index contributed by atoms with van der Waals surface area (Å²) in [5, 5.41) is 2.98. The minimum Gasteiger partial charge on any atom is -0.353 e. The Kier molecular flexibility index (Phi) is 3.27. The minimum atomic E-state index is 0.0634. The molecule has 2 rings (SSSR count). The van der Waals surface area contributed by atoms with E-state index in [2.05, 4.69) is 17.4 Å². The summed E-state index contributed by atoms with van der Waals surface area (Å²) in [6.45, 7) is 0. The summed E-state index contributed by atoms with van der Waals surface area (Å²) in [6.07, 6.45) is 1.47. The second kappa shape index (κ2) is 4.67. The Morgan fingerprint density at radius 3 is 2.80 bits per heavy atom. The van der Waals surface area contributed by atoms with Gasteiger partial charge in [-0.3, -0.25) is 4.79 Å². The molecule has 1 saturated carbocycles. The normalized spacial score (nSPS) is 23.5. The van der Waals surface area contributed by atoms with E-state index in [0.717, 1.165) is 6.42 Å². The van der Waals surface area contributed by atoms with E-state index in [0.29, 0.717) is 24.3 Å². The van der Waals surface area contributed by atoms with Crippen LogP contribution >= 0.6 is 11.6 Å². The summed E-state index contributed by atoms with van der Waals surface area (Å²) in [7, 11) is 0. The van der Waals surface area contributed by atoms with Crippen molar-refractivity contribution in [1.29, 1.82) is 0 Å². The monoisotopic (exact) mass is 223 g/mol. The molecule has 3 heteroatoms. The Bertz CT molecular complexity index is 339. The van der Waals surface area contributed by atoms with Crippen molar-refractivity contribution in [3.63, 3.8) is 0 Å². The number of hydrogen-bond donors (Lipinski definition) is 1. The number of halogens is 1. The molecule has 2 nitrogen and oxygen atoms in total. The second-order valence-corrected chi connectivity index (χ2v) is 4.24. The van der Waals surface area contributed by atoms with Gasteiger partial charge < -0.3 is 5.32 Å². The molecule has 1 fully saturated rings. The molecule has 80 valence electrons. The Morgan fingerprint density at radius 2 is 2.13 bits per heavy atom. The van der Waals surface area contributed by atoms with E-state index in [4.69, 9.17) is 11.6 Å². The van der Waals surface area contributed by atoms with Gasteiger partial charge in [-0.2, -0.15) is 0 Å². The molecule has 1 amide bonds. The first-order valence-electron chi connectivity index (χ1n) is 5.21. The van der Waals surface area contributed by atoms with E-state index >= 15 is 0 Å². The van der Waals surface area contributed by atoms with E-state index in [-0.39, 0.29) is 5.91 Å². The van der Waals surface area contributed by atoms with Crippen LogP contribution in [0.1, 0.15) is 24.3 Å². The van der Waals surface area contributed by atoms with Crippen LogP contribution in [-0.4, -0.2) is 17.8 Å². The van der Waals surface area contributed by atoms with Gasteiger partial charge in [-0.05, 0) is 12.0 Å². The Hall–Kier alpha value is -1.02. The van der Waals surface area contributed by atoms with Gasteiger partial charge in [-0.15, -0.1) is 11.6 Å². The number of carbonyl (C=O) groups is 1. The molecule has 0 bridgehead atoms. The van der Waals surface area contributed by atoms with Gasteiger partial charge in [0, 0.05) is 24.3 Å². The highest BCUT2D eigenvalue weighted by atomic mass is 35.5. The van der Waals surface area contributed by atoms with E-state index in [1.165, 1.54) is 5.56 Å². The molecular formula is C12H14ClNO. The van der Waals surface area contributed by atoms with Crippen molar-refractivity contribution in [2.24, 2.45) is 0 Å². The summed E-state index contributed by atoms with van der Waals surface area (Å²) in [6, 6.07) is 10.6. The maximum atomic E-state index is 11.3. The highest BCUT2D eigenvalue weighted by Gasteiger charge is 2.38. The fraction of sp³-hybridized carbons (Fsp3) is 0.417. The predicted molar refractivity (Wildman–Crippen MR) is 61.1 cm³/mol. The van der Waals surface area contributed by atoms with Crippen LogP contribution in [0.15, 0.2) is 30.3 Å². The Balaban J connectivity index is 1.84. The van der Waals surface area contributed by atoms with Crippen molar-refractivity contribution in [3.8, 4) is 0 Å². The number of carbonyl (C=O) groups excluding carboxylic acids is 1. The van der Waals surface area contributed by atoms with Crippen LogP contribution in [-0.2, 0) is 4.79 Å². The van der Waals surface area contributed by atoms with Gasteiger partial charge in [0.2, 0.25) is 5.91 Å². The number of hydrogen-bond acceptors (Lipinski definition) is 1. The molecule has 0 saturated heterocycles.